The third kappa shape index (κ3) is 5.56. The van der Waals surface area contributed by atoms with E-state index in [9.17, 15) is 5.11 Å². The van der Waals surface area contributed by atoms with E-state index in [1.807, 2.05) is 47.7 Å². The van der Waals surface area contributed by atoms with E-state index in [4.69, 9.17) is 14.4 Å². The van der Waals surface area contributed by atoms with Crippen molar-refractivity contribution in [3.05, 3.63) is 151 Å². The van der Waals surface area contributed by atoms with E-state index in [-0.39, 0.29) is 11.2 Å². The van der Waals surface area contributed by atoms with Crippen LogP contribution in [-0.2, 0) is 5.41 Å². The zero-order valence-corrected chi connectivity index (χ0v) is 29.3. The number of hydrogen-bond donors (Lipinski definition) is 1. The van der Waals surface area contributed by atoms with Gasteiger partial charge in [-0.3, -0.25) is 4.99 Å². The van der Waals surface area contributed by atoms with Crippen molar-refractivity contribution in [1.29, 1.82) is 0 Å². The largest absolute Gasteiger partial charge is 0.507 e. The molecule has 2 aromatic heterocycles. The van der Waals surface area contributed by atoms with Crippen molar-refractivity contribution in [2.45, 2.75) is 26.2 Å². The average Bonchev–Trinajstić information content (AvgIpc) is 3.75. The van der Waals surface area contributed by atoms with Gasteiger partial charge in [-0.25, -0.2) is 4.98 Å². The fourth-order valence-corrected chi connectivity index (χ4v) is 8.00. The maximum atomic E-state index is 10.7. The summed E-state index contributed by atoms with van der Waals surface area (Å²) in [4.78, 5) is 10.0. The molecular weight excluding hydrogens is 645 g/mol. The fraction of sp³-hybridized carbons (Fsp3) is 0.0870. The topological polar surface area (TPSA) is 58.6 Å². The van der Waals surface area contributed by atoms with Gasteiger partial charge in [-0.1, -0.05) is 106 Å². The molecule has 0 radical (unpaired) electrons. The zero-order valence-electron chi connectivity index (χ0n) is 28.5. The Hall–Kier alpha value is -6.04. The molecule has 0 amide bonds. The van der Waals surface area contributed by atoms with Crippen molar-refractivity contribution in [2.24, 2.45) is 4.99 Å². The summed E-state index contributed by atoms with van der Waals surface area (Å²) in [7, 11) is 0. The minimum absolute atomic E-state index is 0.0592. The lowest BCUT2D eigenvalue weighted by Crippen LogP contribution is -2.11. The normalized spacial score (nSPS) is 12.2. The van der Waals surface area contributed by atoms with Crippen LogP contribution in [0.4, 0.5) is 5.69 Å². The Morgan fingerprint density at radius 1 is 0.647 bits per heavy atom. The number of thiophene rings is 1. The van der Waals surface area contributed by atoms with Gasteiger partial charge in [0, 0.05) is 37.5 Å². The van der Waals surface area contributed by atoms with Gasteiger partial charge < -0.3 is 9.52 Å². The number of aromatic nitrogens is 1. The highest BCUT2D eigenvalue weighted by molar-refractivity contribution is 7.25. The van der Waals surface area contributed by atoms with Gasteiger partial charge in [-0.15, -0.1) is 11.3 Å². The second-order valence-electron chi connectivity index (χ2n) is 14.0. The van der Waals surface area contributed by atoms with E-state index in [0.29, 0.717) is 22.7 Å². The molecule has 0 saturated heterocycles. The molecule has 9 aromatic rings. The molecule has 0 aliphatic rings. The summed E-state index contributed by atoms with van der Waals surface area (Å²) < 4.78 is 9.24. The monoisotopic (exact) mass is 678 g/mol. The SMILES string of the molecule is CC(C)(C)c1ccc(O)c(C=Nc2ccccc2-c2nc3c(-c4cccc5ccccc45)cc(-c4ccc5sc6ccccc6c5c4)cc3o2)c1. The summed E-state index contributed by atoms with van der Waals surface area (Å²) in [6, 6.07) is 48.1. The molecule has 0 aliphatic carbocycles. The standard InChI is InChI=1S/C46H34N2O2S/c1-46(2,3)32-20-21-40(49)31(23-32)27-47-39-17-8-6-15-36(39)45-48-44-38(34-16-10-12-28-11-4-5-13-33(28)34)25-30(26-41(44)50-45)29-19-22-43-37(24-29)35-14-7-9-18-42(35)51-43/h4-27,49H,1-3H3. The van der Waals surface area contributed by atoms with E-state index in [0.717, 1.165) is 44.3 Å². The molecule has 246 valence electrons. The third-order valence-corrected chi connectivity index (χ3v) is 10.8. The first-order valence-corrected chi connectivity index (χ1v) is 17.9. The van der Waals surface area contributed by atoms with Crippen molar-refractivity contribution in [1.82, 2.24) is 4.98 Å². The van der Waals surface area contributed by atoms with Gasteiger partial charge in [-0.2, -0.15) is 0 Å². The second kappa shape index (κ2) is 12.1. The molecule has 0 spiro atoms. The lowest BCUT2D eigenvalue weighted by Gasteiger charge is -2.19. The molecule has 9 rings (SSSR count). The van der Waals surface area contributed by atoms with Crippen LogP contribution in [0.25, 0.3) is 75.8 Å². The molecule has 51 heavy (non-hydrogen) atoms. The van der Waals surface area contributed by atoms with Gasteiger partial charge in [0.25, 0.3) is 0 Å². The summed E-state index contributed by atoms with van der Waals surface area (Å²) in [5, 5.41) is 15.5. The summed E-state index contributed by atoms with van der Waals surface area (Å²) in [5.74, 6) is 0.676. The molecule has 0 aliphatic heterocycles. The highest BCUT2D eigenvalue weighted by Crippen LogP contribution is 2.42. The Balaban J connectivity index is 1.22. The number of nitrogens with zero attached hydrogens (tertiary/aromatic N) is 2. The lowest BCUT2D eigenvalue weighted by molar-refractivity contribution is 0.473. The number of para-hydroxylation sites is 1. The van der Waals surface area contributed by atoms with Gasteiger partial charge in [-0.05, 0) is 93.0 Å². The number of phenols is 1. The van der Waals surface area contributed by atoms with Gasteiger partial charge >= 0.3 is 0 Å². The van der Waals surface area contributed by atoms with E-state index in [1.165, 1.54) is 25.6 Å². The van der Waals surface area contributed by atoms with Crippen LogP contribution in [-0.4, -0.2) is 16.3 Å². The zero-order chi connectivity index (χ0) is 34.7. The molecule has 0 atom stereocenters. The molecule has 5 heteroatoms. The number of aromatic hydroxyl groups is 1. The minimum atomic E-state index is -0.0592. The highest BCUT2D eigenvalue weighted by atomic mass is 32.1. The maximum Gasteiger partial charge on any atom is 0.229 e. The van der Waals surface area contributed by atoms with Crippen LogP contribution in [0.15, 0.2) is 149 Å². The molecular formula is C46H34N2O2S. The molecule has 0 saturated carbocycles. The van der Waals surface area contributed by atoms with Gasteiger partial charge in [0.05, 0.1) is 11.3 Å². The molecule has 0 bridgehead atoms. The Labute approximate surface area is 300 Å². The van der Waals surface area contributed by atoms with Crippen LogP contribution < -0.4 is 0 Å². The molecule has 7 aromatic carbocycles. The van der Waals surface area contributed by atoms with E-state index < -0.39 is 0 Å². The Kier molecular flexibility index (Phi) is 7.34. The average molecular weight is 679 g/mol. The minimum Gasteiger partial charge on any atom is -0.507 e. The van der Waals surface area contributed by atoms with Crippen molar-refractivity contribution in [3.8, 4) is 39.5 Å². The number of oxazole rings is 1. The first-order valence-electron chi connectivity index (χ1n) is 17.1. The third-order valence-electron chi connectivity index (χ3n) is 9.66. The van der Waals surface area contributed by atoms with Crippen LogP contribution in [0.5, 0.6) is 5.75 Å². The number of hydrogen-bond acceptors (Lipinski definition) is 5. The summed E-state index contributed by atoms with van der Waals surface area (Å²) >= 11 is 1.82. The van der Waals surface area contributed by atoms with E-state index >= 15 is 0 Å². The van der Waals surface area contributed by atoms with Crippen molar-refractivity contribution >= 4 is 65.3 Å². The van der Waals surface area contributed by atoms with Crippen LogP contribution >= 0.6 is 11.3 Å². The quantitative estimate of drug-likeness (QED) is 0.184. The Morgan fingerprint density at radius 3 is 2.27 bits per heavy atom. The predicted octanol–water partition coefficient (Wildman–Crippen LogP) is 13.1. The molecule has 2 heterocycles. The number of rotatable bonds is 5. The first-order chi connectivity index (χ1) is 24.8. The van der Waals surface area contributed by atoms with Gasteiger partial charge in [0.15, 0.2) is 5.58 Å². The summed E-state index contributed by atoms with van der Waals surface area (Å²) in [6.45, 7) is 6.47. The second-order valence-corrected chi connectivity index (χ2v) is 15.1. The van der Waals surface area contributed by atoms with Crippen LogP contribution in [0.2, 0.25) is 0 Å². The van der Waals surface area contributed by atoms with E-state index in [1.54, 1.807) is 12.3 Å². The smallest absolute Gasteiger partial charge is 0.229 e. The molecule has 1 N–H and O–H groups in total. The van der Waals surface area contributed by atoms with Gasteiger partial charge in [0.1, 0.15) is 11.3 Å². The molecule has 4 nitrogen and oxygen atoms in total. The summed E-state index contributed by atoms with van der Waals surface area (Å²) in [6.07, 6.45) is 1.72. The number of benzene rings is 7. The lowest BCUT2D eigenvalue weighted by atomic mass is 9.86. The fourth-order valence-electron chi connectivity index (χ4n) is 6.91. The van der Waals surface area contributed by atoms with Crippen LogP contribution in [0.1, 0.15) is 31.9 Å². The van der Waals surface area contributed by atoms with Crippen molar-refractivity contribution in [3.63, 3.8) is 0 Å². The first kappa shape index (κ1) is 31.0. The number of phenolic OH excluding ortho intramolecular Hbond substituents is 1. The summed E-state index contributed by atoms with van der Waals surface area (Å²) in [5.41, 5.74) is 8.98. The number of aliphatic imine (C=N–C) groups is 1. The van der Waals surface area contributed by atoms with E-state index in [2.05, 4.69) is 118 Å². The highest BCUT2D eigenvalue weighted by Gasteiger charge is 2.20. The van der Waals surface area contributed by atoms with Gasteiger partial charge in [0.2, 0.25) is 5.89 Å². The molecule has 0 fully saturated rings. The molecule has 0 unspecified atom stereocenters. The Morgan fingerprint density at radius 2 is 1.39 bits per heavy atom. The van der Waals surface area contributed by atoms with Crippen molar-refractivity contribution < 1.29 is 9.52 Å². The van der Waals surface area contributed by atoms with Crippen LogP contribution in [0.3, 0.4) is 0 Å². The maximum absolute atomic E-state index is 10.7. The Bertz CT molecular complexity index is 2810. The number of fused-ring (bicyclic) bond motifs is 5. The predicted molar refractivity (Wildman–Crippen MR) is 215 cm³/mol. The van der Waals surface area contributed by atoms with Crippen LogP contribution in [0, 0.1) is 0 Å². The van der Waals surface area contributed by atoms with Crippen molar-refractivity contribution in [2.75, 3.05) is 0 Å².